The lowest BCUT2D eigenvalue weighted by Gasteiger charge is -2.35. The number of carbonyl (C=O) groups is 1. The first-order valence-corrected chi connectivity index (χ1v) is 16.1. The SMILES string of the molecule is CC(C)(C)c1cccc(CN[C@H]2CS(=O)(=O)C[C@@H](Cc3cc(F)c(NC(=O)CN4CCC4)c(OCC(F)(F)F)c3)[C@@H]2O)c1. The van der Waals surface area contributed by atoms with Gasteiger partial charge in [0, 0.05) is 18.5 Å². The first kappa shape index (κ1) is 33.2. The number of aliphatic hydroxyl groups is 1. The third kappa shape index (κ3) is 9.37. The van der Waals surface area contributed by atoms with Crippen molar-refractivity contribution >= 4 is 21.4 Å². The summed E-state index contributed by atoms with van der Waals surface area (Å²) in [6, 6.07) is 9.21. The van der Waals surface area contributed by atoms with Crippen molar-refractivity contribution in [2.75, 3.05) is 43.1 Å². The van der Waals surface area contributed by atoms with E-state index in [1.165, 1.54) is 0 Å². The highest BCUT2D eigenvalue weighted by Crippen LogP contribution is 2.34. The summed E-state index contributed by atoms with van der Waals surface area (Å²) >= 11 is 0. The van der Waals surface area contributed by atoms with Crippen molar-refractivity contribution in [3.05, 3.63) is 58.9 Å². The maximum atomic E-state index is 15.2. The average Bonchev–Trinajstić information content (AvgIpc) is 2.87. The molecule has 0 bridgehead atoms. The number of nitrogens with zero attached hydrogens (tertiary/aromatic N) is 1. The molecule has 43 heavy (non-hydrogen) atoms. The molecule has 0 aromatic heterocycles. The molecule has 0 unspecified atom stereocenters. The fraction of sp³-hybridized carbons (Fsp3) is 0.567. The second-order valence-corrected chi connectivity index (χ2v) is 14.7. The van der Waals surface area contributed by atoms with Crippen LogP contribution in [0.15, 0.2) is 36.4 Å². The molecule has 2 aromatic rings. The van der Waals surface area contributed by atoms with Crippen LogP contribution >= 0.6 is 0 Å². The molecule has 13 heteroatoms. The van der Waals surface area contributed by atoms with Gasteiger partial charge in [-0.3, -0.25) is 9.69 Å². The lowest BCUT2D eigenvalue weighted by molar-refractivity contribution is -0.153. The van der Waals surface area contributed by atoms with Crippen LogP contribution in [0.4, 0.5) is 23.2 Å². The van der Waals surface area contributed by atoms with E-state index in [0.717, 1.165) is 29.7 Å². The molecule has 2 heterocycles. The molecule has 3 atom stereocenters. The Kier molecular flexibility index (Phi) is 10.1. The van der Waals surface area contributed by atoms with Crippen LogP contribution < -0.4 is 15.4 Å². The van der Waals surface area contributed by atoms with Gasteiger partial charge in [0.2, 0.25) is 5.91 Å². The molecular formula is C30H39F4N3O5S. The molecule has 1 amide bonds. The Morgan fingerprint density at radius 3 is 2.44 bits per heavy atom. The number of sulfone groups is 1. The zero-order valence-electron chi connectivity index (χ0n) is 24.5. The molecule has 0 spiro atoms. The van der Waals surface area contributed by atoms with E-state index in [-0.39, 0.29) is 35.4 Å². The van der Waals surface area contributed by atoms with Crippen LogP contribution in [0.3, 0.4) is 0 Å². The minimum absolute atomic E-state index is 0.0408. The van der Waals surface area contributed by atoms with Gasteiger partial charge >= 0.3 is 6.18 Å². The Morgan fingerprint density at radius 1 is 1.09 bits per heavy atom. The van der Waals surface area contributed by atoms with Crippen molar-refractivity contribution in [1.29, 1.82) is 0 Å². The van der Waals surface area contributed by atoms with Gasteiger partial charge in [0.05, 0.1) is 24.2 Å². The molecule has 3 N–H and O–H groups in total. The number of hydrogen-bond donors (Lipinski definition) is 3. The van der Waals surface area contributed by atoms with Crippen molar-refractivity contribution < 1.29 is 40.6 Å². The monoisotopic (exact) mass is 629 g/mol. The quantitative estimate of drug-likeness (QED) is 0.343. The van der Waals surface area contributed by atoms with E-state index in [4.69, 9.17) is 4.74 Å². The summed E-state index contributed by atoms with van der Waals surface area (Å²) in [7, 11) is -3.61. The maximum Gasteiger partial charge on any atom is 0.422 e. The van der Waals surface area contributed by atoms with E-state index in [2.05, 4.69) is 31.4 Å². The Balaban J connectivity index is 1.51. The summed E-state index contributed by atoms with van der Waals surface area (Å²) in [4.78, 5) is 14.2. The van der Waals surface area contributed by atoms with E-state index in [1.807, 2.05) is 24.3 Å². The van der Waals surface area contributed by atoms with Crippen molar-refractivity contribution in [2.45, 2.75) is 63.9 Å². The van der Waals surface area contributed by atoms with Crippen LogP contribution in [-0.2, 0) is 33.0 Å². The lowest BCUT2D eigenvalue weighted by atomic mass is 9.86. The van der Waals surface area contributed by atoms with Crippen LogP contribution in [-0.4, -0.2) is 80.4 Å². The number of rotatable bonds is 10. The third-order valence-corrected chi connectivity index (χ3v) is 9.54. The highest BCUT2D eigenvalue weighted by Gasteiger charge is 2.39. The second kappa shape index (κ2) is 13.1. The molecular weight excluding hydrogens is 590 g/mol. The van der Waals surface area contributed by atoms with Gasteiger partial charge in [-0.15, -0.1) is 0 Å². The van der Waals surface area contributed by atoms with Gasteiger partial charge in [-0.1, -0.05) is 45.0 Å². The third-order valence-electron chi connectivity index (χ3n) is 7.74. The number of amides is 1. The first-order valence-electron chi connectivity index (χ1n) is 14.2. The topological polar surface area (TPSA) is 108 Å². The molecule has 8 nitrogen and oxygen atoms in total. The van der Waals surface area contributed by atoms with Gasteiger partial charge in [0.15, 0.2) is 22.3 Å². The normalized spacial score (nSPS) is 22.6. The number of benzene rings is 2. The van der Waals surface area contributed by atoms with E-state index in [0.29, 0.717) is 19.6 Å². The molecule has 2 fully saturated rings. The van der Waals surface area contributed by atoms with Gasteiger partial charge in [-0.25, -0.2) is 12.8 Å². The highest BCUT2D eigenvalue weighted by atomic mass is 32.2. The van der Waals surface area contributed by atoms with Gasteiger partial charge in [0.1, 0.15) is 11.4 Å². The zero-order chi connectivity index (χ0) is 31.6. The molecule has 2 aromatic carbocycles. The minimum atomic E-state index is -4.72. The Hall–Kier alpha value is -2.74. The van der Waals surface area contributed by atoms with Crippen molar-refractivity contribution in [2.24, 2.45) is 5.92 Å². The Bertz CT molecular complexity index is 1410. The van der Waals surface area contributed by atoms with E-state index >= 15 is 4.39 Å². The van der Waals surface area contributed by atoms with Crippen molar-refractivity contribution in [3.63, 3.8) is 0 Å². The summed E-state index contributed by atoms with van der Waals surface area (Å²) in [5.41, 5.74) is 1.55. The molecule has 2 saturated heterocycles. The van der Waals surface area contributed by atoms with Crippen LogP contribution in [0.25, 0.3) is 0 Å². The second-order valence-electron chi connectivity index (χ2n) is 12.5. The average molecular weight is 630 g/mol. The first-order chi connectivity index (χ1) is 20.0. The summed E-state index contributed by atoms with van der Waals surface area (Å²) in [5.74, 6) is -3.67. The van der Waals surface area contributed by atoms with Gasteiger partial charge in [-0.05, 0) is 60.2 Å². The fourth-order valence-corrected chi connectivity index (χ4v) is 7.29. The van der Waals surface area contributed by atoms with Crippen LogP contribution in [0.5, 0.6) is 5.75 Å². The Labute approximate surface area is 249 Å². The number of halogens is 4. The van der Waals surface area contributed by atoms with Gasteiger partial charge < -0.3 is 20.5 Å². The molecule has 2 aliphatic rings. The van der Waals surface area contributed by atoms with E-state index in [9.17, 15) is 31.5 Å². The smallest absolute Gasteiger partial charge is 0.422 e. The molecule has 0 aliphatic carbocycles. The molecule has 238 valence electrons. The largest absolute Gasteiger partial charge is 0.482 e. The molecule has 0 radical (unpaired) electrons. The van der Waals surface area contributed by atoms with Crippen molar-refractivity contribution in [3.8, 4) is 5.75 Å². The lowest BCUT2D eigenvalue weighted by Crippen LogP contribution is -2.54. The number of alkyl halides is 3. The van der Waals surface area contributed by atoms with Crippen molar-refractivity contribution in [1.82, 2.24) is 10.2 Å². The number of anilines is 1. The zero-order valence-corrected chi connectivity index (χ0v) is 25.3. The number of hydrogen-bond acceptors (Lipinski definition) is 7. The Morgan fingerprint density at radius 2 is 1.81 bits per heavy atom. The number of nitrogens with one attached hydrogen (secondary N) is 2. The maximum absolute atomic E-state index is 15.2. The molecule has 0 saturated carbocycles. The van der Waals surface area contributed by atoms with Gasteiger partial charge in [-0.2, -0.15) is 13.2 Å². The van der Waals surface area contributed by atoms with E-state index in [1.54, 1.807) is 4.90 Å². The van der Waals surface area contributed by atoms with Crippen LogP contribution in [0.1, 0.15) is 43.9 Å². The highest BCUT2D eigenvalue weighted by molar-refractivity contribution is 7.91. The summed E-state index contributed by atoms with van der Waals surface area (Å²) in [5, 5.41) is 16.6. The van der Waals surface area contributed by atoms with Crippen LogP contribution in [0.2, 0.25) is 0 Å². The molecule has 4 rings (SSSR count). The van der Waals surface area contributed by atoms with E-state index < -0.39 is 63.8 Å². The number of likely N-dealkylation sites (tertiary alicyclic amines) is 1. The number of aliphatic hydroxyl groups excluding tert-OH is 1. The summed E-state index contributed by atoms with van der Waals surface area (Å²) < 4.78 is 84.7. The predicted molar refractivity (Wildman–Crippen MR) is 155 cm³/mol. The summed E-state index contributed by atoms with van der Waals surface area (Å²) in [6.07, 6.45) is -5.07. The predicted octanol–water partition coefficient (Wildman–Crippen LogP) is 3.81. The van der Waals surface area contributed by atoms with Crippen LogP contribution in [0, 0.1) is 11.7 Å². The number of ether oxygens (including phenoxy) is 1. The number of carbonyl (C=O) groups excluding carboxylic acids is 1. The van der Waals surface area contributed by atoms with Gasteiger partial charge in [0.25, 0.3) is 0 Å². The standard InChI is InChI=1S/C30H39F4N3O5S/c1-29(2,3)22-7-4-6-19(11-22)14-35-24-17-43(40,41)16-21(28(24)39)10-20-12-23(31)27(25(13-20)42-18-30(32,33)34)36-26(38)15-37-8-5-9-37/h4,6-7,11-13,21,24,28,35,39H,5,8-10,14-18H2,1-3H3,(H,36,38)/t21-,24+,28+/m1/s1. The summed E-state index contributed by atoms with van der Waals surface area (Å²) in [6.45, 7) is 6.18. The molecule has 2 aliphatic heterocycles. The minimum Gasteiger partial charge on any atom is -0.482 e. The fourth-order valence-electron chi connectivity index (χ4n) is 5.32.